The summed E-state index contributed by atoms with van der Waals surface area (Å²) in [4.78, 5) is 0. The van der Waals surface area contributed by atoms with E-state index in [0.717, 1.165) is 38.8 Å². The first-order valence-electron chi connectivity index (χ1n) is 5.80. The number of hydrogen-bond donors (Lipinski definition) is 0. The lowest BCUT2D eigenvalue weighted by molar-refractivity contribution is -0.878. The molecule has 0 N–H and O–H groups in total. The van der Waals surface area contributed by atoms with E-state index in [2.05, 4.69) is 18.8 Å². The van der Waals surface area contributed by atoms with Crippen LogP contribution in [0.1, 0.15) is 45.4 Å². The molecule has 0 aromatic rings. The zero-order chi connectivity index (χ0) is 10.3. The lowest BCUT2D eigenvalue weighted by Gasteiger charge is -2.43. The third-order valence-electron chi connectivity index (χ3n) is 2.78. The van der Waals surface area contributed by atoms with Crippen LogP contribution in [0.15, 0.2) is 0 Å². The van der Waals surface area contributed by atoms with E-state index < -0.39 is 0 Å². The third kappa shape index (κ3) is 4.13. The number of unbranched alkanes of at least 4 members (excludes halogenated alkanes) is 2. The number of likely N-dealkylation sites (tertiary alicyclic amines) is 1. The van der Waals surface area contributed by atoms with Gasteiger partial charge in [-0.25, -0.2) is 0 Å². The lowest BCUT2D eigenvalue weighted by atomic mass is 10.1. The van der Waals surface area contributed by atoms with Crippen LogP contribution in [0.5, 0.6) is 0 Å². The Morgan fingerprint density at radius 3 is 2.50 bits per heavy atom. The van der Waals surface area contributed by atoms with Gasteiger partial charge >= 0.3 is 0 Å². The van der Waals surface area contributed by atoms with Gasteiger partial charge in [-0.15, -0.1) is 0 Å². The van der Waals surface area contributed by atoms with Crippen LogP contribution in [0.25, 0.3) is 0 Å². The average Bonchev–Trinajstić information content (AvgIpc) is 2.18. The Morgan fingerprint density at radius 2 is 1.86 bits per heavy atom. The van der Waals surface area contributed by atoms with Gasteiger partial charge in [0.1, 0.15) is 6.54 Å². The second-order valence-corrected chi connectivity index (χ2v) is 4.18. The summed E-state index contributed by atoms with van der Waals surface area (Å²) in [5, 5.41) is 12.0. The molecule has 1 aliphatic rings. The van der Waals surface area contributed by atoms with Gasteiger partial charge in [0.25, 0.3) is 0 Å². The smallest absolute Gasteiger partial charge is 0.140 e. The molecule has 0 amide bonds. The molecule has 1 rings (SSSR count). The first kappa shape index (κ1) is 11.6. The van der Waals surface area contributed by atoms with Crippen LogP contribution in [-0.4, -0.2) is 24.3 Å². The van der Waals surface area contributed by atoms with Gasteiger partial charge < -0.3 is 9.85 Å². The standard InChI is InChI=1S/C12H21NO/c1-2-3-4-5-7-10-13(14)11-8-6-9-12-13/h2-4,6,8-12H2,1H3. The van der Waals surface area contributed by atoms with Gasteiger partial charge in [0, 0.05) is 6.42 Å². The predicted molar refractivity (Wildman–Crippen MR) is 59.4 cm³/mol. The fraction of sp³-hybridized carbons (Fsp3) is 0.833. The second kappa shape index (κ2) is 6.06. The van der Waals surface area contributed by atoms with E-state index in [-0.39, 0.29) is 4.65 Å². The van der Waals surface area contributed by atoms with E-state index in [1.807, 2.05) is 0 Å². The van der Waals surface area contributed by atoms with E-state index in [4.69, 9.17) is 0 Å². The number of hydroxylamine groups is 3. The molecule has 0 aromatic carbocycles. The zero-order valence-corrected chi connectivity index (χ0v) is 9.22. The molecule has 0 saturated carbocycles. The van der Waals surface area contributed by atoms with Crippen molar-refractivity contribution in [1.29, 1.82) is 0 Å². The summed E-state index contributed by atoms with van der Waals surface area (Å²) in [5.41, 5.74) is 0. The van der Waals surface area contributed by atoms with Crippen LogP contribution < -0.4 is 0 Å². The third-order valence-corrected chi connectivity index (χ3v) is 2.78. The summed E-state index contributed by atoms with van der Waals surface area (Å²) >= 11 is 0. The maximum atomic E-state index is 12.0. The Labute approximate surface area is 87.5 Å². The quantitative estimate of drug-likeness (QED) is 0.294. The van der Waals surface area contributed by atoms with Crippen molar-refractivity contribution < 1.29 is 4.65 Å². The first-order valence-corrected chi connectivity index (χ1v) is 5.80. The van der Waals surface area contributed by atoms with Crippen LogP contribution in [0.3, 0.4) is 0 Å². The minimum absolute atomic E-state index is 0.0564. The summed E-state index contributed by atoms with van der Waals surface area (Å²) < 4.78 is -0.0564. The Morgan fingerprint density at radius 1 is 1.14 bits per heavy atom. The predicted octanol–water partition coefficient (Wildman–Crippen LogP) is 2.68. The van der Waals surface area contributed by atoms with Gasteiger partial charge in [0.15, 0.2) is 0 Å². The maximum absolute atomic E-state index is 12.0. The van der Waals surface area contributed by atoms with Gasteiger partial charge in [0.05, 0.1) is 13.1 Å². The van der Waals surface area contributed by atoms with Gasteiger partial charge in [-0.3, -0.25) is 0 Å². The molecule has 0 unspecified atom stereocenters. The molecule has 0 aromatic heterocycles. The first-order chi connectivity index (χ1) is 6.77. The molecule has 80 valence electrons. The molecule has 0 spiro atoms. The van der Waals surface area contributed by atoms with Gasteiger partial charge in [0.2, 0.25) is 0 Å². The van der Waals surface area contributed by atoms with Crippen LogP contribution in [0.2, 0.25) is 0 Å². The molecule has 0 atom stereocenters. The van der Waals surface area contributed by atoms with Crippen molar-refractivity contribution in [3.63, 3.8) is 0 Å². The van der Waals surface area contributed by atoms with Gasteiger partial charge in [-0.05, 0) is 31.6 Å². The Kier molecular flexibility index (Phi) is 5.00. The van der Waals surface area contributed by atoms with Crippen molar-refractivity contribution in [1.82, 2.24) is 0 Å². The summed E-state index contributed by atoms with van der Waals surface area (Å²) in [5.74, 6) is 6.13. The van der Waals surface area contributed by atoms with Crippen molar-refractivity contribution in [2.45, 2.75) is 45.4 Å². The Hall–Kier alpha value is -0.520. The zero-order valence-electron chi connectivity index (χ0n) is 9.22. The van der Waals surface area contributed by atoms with Crippen LogP contribution in [0, 0.1) is 17.0 Å². The Balaban J connectivity index is 2.23. The van der Waals surface area contributed by atoms with E-state index in [1.165, 1.54) is 12.8 Å². The highest BCUT2D eigenvalue weighted by Crippen LogP contribution is 2.16. The normalized spacial score (nSPS) is 19.9. The number of rotatable bonds is 3. The molecule has 1 fully saturated rings. The van der Waals surface area contributed by atoms with Crippen molar-refractivity contribution in [3.05, 3.63) is 5.21 Å². The van der Waals surface area contributed by atoms with Crippen molar-refractivity contribution in [3.8, 4) is 11.8 Å². The average molecular weight is 195 g/mol. The Bertz CT molecular complexity index is 208. The van der Waals surface area contributed by atoms with Crippen LogP contribution >= 0.6 is 0 Å². The highest BCUT2D eigenvalue weighted by atomic mass is 16.5. The van der Waals surface area contributed by atoms with Crippen LogP contribution in [-0.2, 0) is 0 Å². The van der Waals surface area contributed by atoms with Crippen molar-refractivity contribution in [2.75, 3.05) is 19.6 Å². The summed E-state index contributed by atoms with van der Waals surface area (Å²) in [6.45, 7) is 4.24. The molecule has 2 nitrogen and oxygen atoms in total. The number of piperidine rings is 1. The van der Waals surface area contributed by atoms with Gasteiger partial charge in [-0.1, -0.05) is 19.3 Å². The second-order valence-electron chi connectivity index (χ2n) is 4.18. The summed E-state index contributed by atoms with van der Waals surface area (Å²) in [6, 6.07) is 0. The minimum atomic E-state index is -0.0564. The number of hydrogen-bond acceptors (Lipinski definition) is 1. The van der Waals surface area contributed by atoms with E-state index >= 15 is 0 Å². The highest BCUT2D eigenvalue weighted by molar-refractivity contribution is 4.99. The van der Waals surface area contributed by atoms with Gasteiger partial charge in [-0.2, -0.15) is 0 Å². The van der Waals surface area contributed by atoms with E-state index in [9.17, 15) is 5.21 Å². The largest absolute Gasteiger partial charge is 0.632 e. The topological polar surface area (TPSA) is 23.1 Å². The fourth-order valence-corrected chi connectivity index (χ4v) is 1.80. The van der Waals surface area contributed by atoms with Crippen molar-refractivity contribution in [2.24, 2.45) is 0 Å². The molecule has 1 saturated heterocycles. The molecule has 1 aliphatic heterocycles. The molecule has 0 aliphatic carbocycles. The van der Waals surface area contributed by atoms with Crippen LogP contribution in [0.4, 0.5) is 0 Å². The minimum Gasteiger partial charge on any atom is -0.632 e. The molecule has 1 heterocycles. The van der Waals surface area contributed by atoms with Crippen molar-refractivity contribution >= 4 is 0 Å². The summed E-state index contributed by atoms with van der Waals surface area (Å²) in [6.07, 6.45) is 6.69. The molecule has 14 heavy (non-hydrogen) atoms. The number of nitrogens with zero attached hydrogens (tertiary/aromatic N) is 1. The monoisotopic (exact) mass is 195 g/mol. The maximum Gasteiger partial charge on any atom is 0.140 e. The molecule has 0 radical (unpaired) electrons. The molecular formula is C12H21NO. The SMILES string of the molecule is CCCCC#CC[N+]1([O-])CCCCC1. The van der Waals surface area contributed by atoms with E-state index in [0.29, 0.717) is 6.54 Å². The summed E-state index contributed by atoms with van der Waals surface area (Å²) in [7, 11) is 0. The lowest BCUT2D eigenvalue weighted by Crippen LogP contribution is -2.46. The molecule has 0 bridgehead atoms. The fourth-order valence-electron chi connectivity index (χ4n) is 1.80. The molecular weight excluding hydrogens is 174 g/mol. The molecule has 2 heteroatoms. The number of quaternary nitrogens is 1. The highest BCUT2D eigenvalue weighted by Gasteiger charge is 2.18. The van der Waals surface area contributed by atoms with E-state index in [1.54, 1.807) is 0 Å².